The summed E-state index contributed by atoms with van der Waals surface area (Å²) in [4.78, 5) is 16.4. The highest BCUT2D eigenvalue weighted by Crippen LogP contribution is 2.29. The van der Waals surface area contributed by atoms with Gasteiger partial charge in [0.15, 0.2) is 0 Å². The molecule has 0 unspecified atom stereocenters. The number of amides is 1. The molecule has 28 heavy (non-hydrogen) atoms. The van der Waals surface area contributed by atoms with E-state index in [2.05, 4.69) is 15.4 Å². The Morgan fingerprint density at radius 3 is 2.64 bits per heavy atom. The maximum atomic E-state index is 14.7. The molecule has 0 saturated carbocycles. The Balaban J connectivity index is 1.60. The van der Waals surface area contributed by atoms with Crippen molar-refractivity contribution < 1.29 is 13.6 Å². The lowest BCUT2D eigenvalue weighted by molar-refractivity contribution is 0.102. The van der Waals surface area contributed by atoms with Crippen molar-refractivity contribution in [3.8, 4) is 16.3 Å². The summed E-state index contributed by atoms with van der Waals surface area (Å²) in [6.07, 6.45) is 3.38. The van der Waals surface area contributed by atoms with Crippen LogP contribution in [0.3, 0.4) is 0 Å². The maximum Gasteiger partial charge on any atom is 0.258 e. The minimum atomic E-state index is -0.641. The Morgan fingerprint density at radius 1 is 1.11 bits per heavy atom. The van der Waals surface area contributed by atoms with E-state index < -0.39 is 17.5 Å². The number of aryl methyl sites for hydroxylation is 1. The number of benzene rings is 2. The van der Waals surface area contributed by atoms with E-state index in [1.807, 2.05) is 5.38 Å². The van der Waals surface area contributed by atoms with E-state index in [1.54, 1.807) is 42.2 Å². The predicted molar refractivity (Wildman–Crippen MR) is 104 cm³/mol. The van der Waals surface area contributed by atoms with Gasteiger partial charge in [-0.25, -0.2) is 18.4 Å². The van der Waals surface area contributed by atoms with Gasteiger partial charge in [0.05, 0.1) is 11.3 Å². The van der Waals surface area contributed by atoms with E-state index >= 15 is 0 Å². The summed E-state index contributed by atoms with van der Waals surface area (Å²) >= 11 is 1.42. The molecule has 0 atom stereocenters. The number of aromatic nitrogens is 3. The van der Waals surface area contributed by atoms with E-state index in [9.17, 15) is 13.6 Å². The highest BCUT2D eigenvalue weighted by molar-refractivity contribution is 7.12. The van der Waals surface area contributed by atoms with Gasteiger partial charge in [-0.15, -0.1) is 11.3 Å². The summed E-state index contributed by atoms with van der Waals surface area (Å²) in [7, 11) is 0. The molecule has 5 nitrogen and oxygen atoms in total. The van der Waals surface area contributed by atoms with Crippen LogP contribution < -0.4 is 5.32 Å². The molecule has 0 aliphatic heterocycles. The number of nitrogens with zero attached hydrogens (tertiary/aromatic N) is 3. The van der Waals surface area contributed by atoms with Crippen LogP contribution in [0.25, 0.3) is 16.3 Å². The van der Waals surface area contributed by atoms with Crippen molar-refractivity contribution in [2.75, 3.05) is 5.32 Å². The maximum absolute atomic E-state index is 14.7. The molecule has 0 aliphatic carbocycles. The third-order valence-electron chi connectivity index (χ3n) is 4.15. The van der Waals surface area contributed by atoms with E-state index in [1.165, 1.54) is 35.6 Å². The number of rotatable bonds is 4. The van der Waals surface area contributed by atoms with Crippen LogP contribution in [0.4, 0.5) is 14.5 Å². The van der Waals surface area contributed by atoms with Crippen molar-refractivity contribution >= 4 is 22.9 Å². The smallest absolute Gasteiger partial charge is 0.258 e. The lowest BCUT2D eigenvalue weighted by atomic mass is 10.1. The highest BCUT2D eigenvalue weighted by atomic mass is 32.1. The largest absolute Gasteiger partial charge is 0.322 e. The number of anilines is 1. The fraction of sp³-hybridized carbons (Fsp3) is 0.0500. The Bertz CT molecular complexity index is 1150. The number of thiazole rings is 1. The number of hydrogen-bond donors (Lipinski definition) is 1. The third-order valence-corrected chi connectivity index (χ3v) is 4.91. The minimum Gasteiger partial charge on any atom is -0.322 e. The molecule has 2 aromatic heterocycles. The van der Waals surface area contributed by atoms with Crippen molar-refractivity contribution in [1.82, 2.24) is 14.8 Å². The van der Waals surface area contributed by atoms with E-state index in [-0.39, 0.29) is 11.3 Å². The van der Waals surface area contributed by atoms with Crippen LogP contribution in [-0.4, -0.2) is 20.7 Å². The molecule has 4 rings (SSSR count). The Labute approximate surface area is 163 Å². The molecule has 0 aliphatic rings. The van der Waals surface area contributed by atoms with Crippen LogP contribution in [0.15, 0.2) is 60.2 Å². The van der Waals surface area contributed by atoms with Crippen molar-refractivity contribution in [2.24, 2.45) is 0 Å². The molecule has 0 radical (unpaired) electrons. The van der Waals surface area contributed by atoms with Gasteiger partial charge in [-0.05, 0) is 37.3 Å². The number of halogens is 2. The lowest BCUT2D eigenvalue weighted by Gasteiger charge is -2.08. The van der Waals surface area contributed by atoms with E-state index in [0.29, 0.717) is 22.0 Å². The van der Waals surface area contributed by atoms with Crippen LogP contribution in [0, 0.1) is 18.6 Å². The monoisotopic (exact) mass is 396 g/mol. The highest BCUT2D eigenvalue weighted by Gasteiger charge is 2.16. The standard InChI is InChI=1S/C20H14F2N4OS/c1-12-16(11-26(25-12)20-23-8-9-28-20)14-7-6-13(10-18(14)22)24-19(27)15-4-2-3-5-17(15)21/h2-11H,1H3,(H,24,27). The van der Waals surface area contributed by atoms with Crippen LogP contribution in [-0.2, 0) is 0 Å². The molecule has 0 bridgehead atoms. The molecule has 0 saturated heterocycles. The molecular formula is C20H14F2N4OS. The number of carbonyl (C=O) groups is 1. The summed E-state index contributed by atoms with van der Waals surface area (Å²) in [5, 5.41) is 9.41. The average Bonchev–Trinajstić information content (AvgIpc) is 3.32. The molecule has 4 aromatic rings. The van der Waals surface area contributed by atoms with Gasteiger partial charge in [0.1, 0.15) is 11.6 Å². The first-order valence-corrected chi connectivity index (χ1v) is 9.23. The van der Waals surface area contributed by atoms with Gasteiger partial charge >= 0.3 is 0 Å². The van der Waals surface area contributed by atoms with E-state index in [0.717, 1.165) is 0 Å². The fourth-order valence-electron chi connectivity index (χ4n) is 2.81. The number of carbonyl (C=O) groups excluding carboxylic acids is 1. The molecule has 140 valence electrons. The first kappa shape index (κ1) is 18.0. The molecule has 1 N–H and O–H groups in total. The quantitative estimate of drug-likeness (QED) is 0.537. The minimum absolute atomic E-state index is 0.104. The van der Waals surface area contributed by atoms with Crippen molar-refractivity contribution in [3.63, 3.8) is 0 Å². The lowest BCUT2D eigenvalue weighted by Crippen LogP contribution is -2.13. The molecule has 2 aromatic carbocycles. The van der Waals surface area contributed by atoms with Crippen LogP contribution in [0.1, 0.15) is 16.1 Å². The zero-order valence-electron chi connectivity index (χ0n) is 14.7. The second-order valence-electron chi connectivity index (χ2n) is 6.02. The summed E-state index contributed by atoms with van der Waals surface area (Å²) in [5.74, 6) is -1.80. The fourth-order valence-corrected chi connectivity index (χ4v) is 3.37. The molecule has 0 fully saturated rings. The van der Waals surface area contributed by atoms with Crippen molar-refractivity contribution in [2.45, 2.75) is 6.92 Å². The second-order valence-corrected chi connectivity index (χ2v) is 6.89. The normalized spacial score (nSPS) is 10.8. The number of hydrogen-bond acceptors (Lipinski definition) is 4. The van der Waals surface area contributed by atoms with Gasteiger partial charge in [-0.3, -0.25) is 4.79 Å². The summed E-state index contributed by atoms with van der Waals surface area (Å²) in [6.45, 7) is 1.78. The summed E-state index contributed by atoms with van der Waals surface area (Å²) in [6, 6.07) is 9.95. The van der Waals surface area contributed by atoms with Crippen molar-refractivity contribution in [1.29, 1.82) is 0 Å². The third kappa shape index (κ3) is 3.41. The van der Waals surface area contributed by atoms with Crippen LogP contribution in [0.5, 0.6) is 0 Å². The molecule has 8 heteroatoms. The predicted octanol–water partition coefficient (Wildman–Crippen LogP) is 4.83. The Hall–Kier alpha value is -3.39. The van der Waals surface area contributed by atoms with Gasteiger partial charge in [0.25, 0.3) is 5.91 Å². The van der Waals surface area contributed by atoms with Gasteiger partial charge in [-0.2, -0.15) is 5.10 Å². The zero-order chi connectivity index (χ0) is 19.7. The molecule has 1 amide bonds. The van der Waals surface area contributed by atoms with Crippen LogP contribution in [0.2, 0.25) is 0 Å². The van der Waals surface area contributed by atoms with Crippen LogP contribution >= 0.6 is 11.3 Å². The SMILES string of the molecule is Cc1nn(-c2nccs2)cc1-c1ccc(NC(=O)c2ccccc2F)cc1F. The first-order valence-electron chi connectivity index (χ1n) is 8.35. The summed E-state index contributed by atoms with van der Waals surface area (Å²) < 4.78 is 30.0. The Morgan fingerprint density at radius 2 is 1.93 bits per heavy atom. The van der Waals surface area contributed by atoms with Gasteiger partial charge in [0, 0.05) is 34.6 Å². The van der Waals surface area contributed by atoms with Gasteiger partial charge in [0.2, 0.25) is 5.13 Å². The first-order chi connectivity index (χ1) is 13.5. The molecular weight excluding hydrogens is 382 g/mol. The zero-order valence-corrected chi connectivity index (χ0v) is 15.5. The molecule has 0 spiro atoms. The topological polar surface area (TPSA) is 59.8 Å². The average molecular weight is 396 g/mol. The van der Waals surface area contributed by atoms with Gasteiger partial charge in [-0.1, -0.05) is 12.1 Å². The molecule has 2 heterocycles. The van der Waals surface area contributed by atoms with E-state index in [4.69, 9.17) is 0 Å². The van der Waals surface area contributed by atoms with Gasteiger partial charge < -0.3 is 5.32 Å². The summed E-state index contributed by atoms with van der Waals surface area (Å²) in [5.41, 5.74) is 1.76. The van der Waals surface area contributed by atoms with Crippen molar-refractivity contribution in [3.05, 3.63) is 83.1 Å². The second kappa shape index (κ2) is 7.32. The Kier molecular flexibility index (Phi) is 4.70. The number of nitrogens with one attached hydrogen (secondary N) is 1.